The monoisotopic (exact) mass is 345 g/mol. The van der Waals surface area contributed by atoms with Crippen molar-refractivity contribution >= 4 is 0 Å². The summed E-state index contributed by atoms with van der Waals surface area (Å²) in [5.74, 6) is 0.517. The van der Waals surface area contributed by atoms with E-state index in [4.69, 9.17) is 4.42 Å². The fourth-order valence-electron chi connectivity index (χ4n) is 2.82. The van der Waals surface area contributed by atoms with Crippen molar-refractivity contribution in [2.75, 3.05) is 0 Å². The number of benzene rings is 3. The molecule has 1 unspecified atom stereocenters. The lowest BCUT2D eigenvalue weighted by Crippen LogP contribution is -2.01. The minimum Gasteiger partial charge on any atom is -0.436 e. The maximum atomic E-state index is 13.2. The second-order valence-electron chi connectivity index (χ2n) is 5.92. The number of aromatic nitrogens is 1. The van der Waals surface area contributed by atoms with Gasteiger partial charge in [0.25, 0.3) is 0 Å². The summed E-state index contributed by atoms with van der Waals surface area (Å²) >= 11 is 0. The summed E-state index contributed by atoms with van der Waals surface area (Å²) in [6.45, 7) is 0. The van der Waals surface area contributed by atoms with Crippen LogP contribution in [0.25, 0.3) is 22.8 Å². The van der Waals surface area contributed by atoms with Crippen LogP contribution >= 0.6 is 0 Å². The molecule has 0 aliphatic rings. The first-order valence-electron chi connectivity index (χ1n) is 8.27. The Hall–Kier alpha value is -3.24. The molecule has 0 amide bonds. The summed E-state index contributed by atoms with van der Waals surface area (Å²) in [6, 6.07) is 24.7. The SMILES string of the molecule is OC(c1ccccc1)c1nc(-c2ccc(F)cc2)oc1-c1ccccc1. The van der Waals surface area contributed by atoms with Crippen LogP contribution in [0.15, 0.2) is 89.3 Å². The van der Waals surface area contributed by atoms with E-state index in [0.29, 0.717) is 22.9 Å². The maximum Gasteiger partial charge on any atom is 0.227 e. The molecule has 128 valence electrons. The largest absolute Gasteiger partial charge is 0.436 e. The number of nitrogens with zero attached hydrogens (tertiary/aromatic N) is 1. The number of oxazole rings is 1. The van der Waals surface area contributed by atoms with Crippen molar-refractivity contribution in [2.45, 2.75) is 6.10 Å². The van der Waals surface area contributed by atoms with Crippen LogP contribution in [-0.4, -0.2) is 10.1 Å². The molecule has 4 aromatic rings. The molecule has 1 atom stereocenters. The van der Waals surface area contributed by atoms with E-state index >= 15 is 0 Å². The first-order valence-corrected chi connectivity index (χ1v) is 8.27. The Balaban J connectivity index is 1.84. The van der Waals surface area contributed by atoms with Gasteiger partial charge < -0.3 is 9.52 Å². The van der Waals surface area contributed by atoms with Gasteiger partial charge in [0.05, 0.1) is 0 Å². The standard InChI is InChI=1S/C22H16FNO2/c23-18-13-11-17(12-14-18)22-24-19(20(25)15-7-3-1-4-8-15)21(26-22)16-9-5-2-6-10-16/h1-14,20,25H. The summed E-state index contributed by atoms with van der Waals surface area (Å²) in [5.41, 5.74) is 2.62. The molecule has 0 saturated carbocycles. The maximum absolute atomic E-state index is 13.2. The predicted molar refractivity (Wildman–Crippen MR) is 97.8 cm³/mol. The van der Waals surface area contributed by atoms with Crippen molar-refractivity contribution in [1.82, 2.24) is 4.98 Å². The summed E-state index contributed by atoms with van der Waals surface area (Å²) in [6.07, 6.45) is -0.927. The normalized spacial score (nSPS) is 12.1. The highest BCUT2D eigenvalue weighted by atomic mass is 19.1. The van der Waals surface area contributed by atoms with Gasteiger partial charge in [-0.1, -0.05) is 60.7 Å². The Kier molecular flexibility index (Phi) is 4.33. The van der Waals surface area contributed by atoms with Crippen molar-refractivity contribution in [3.8, 4) is 22.8 Å². The van der Waals surface area contributed by atoms with Gasteiger partial charge in [-0.05, 0) is 29.8 Å². The molecule has 0 spiro atoms. The van der Waals surface area contributed by atoms with Crippen LogP contribution in [-0.2, 0) is 0 Å². The minimum absolute atomic E-state index is 0.326. The molecule has 1 aromatic heterocycles. The van der Waals surface area contributed by atoms with Gasteiger partial charge in [0.2, 0.25) is 5.89 Å². The summed E-state index contributed by atoms with van der Waals surface area (Å²) in [7, 11) is 0. The first kappa shape index (κ1) is 16.2. The summed E-state index contributed by atoms with van der Waals surface area (Å²) in [4.78, 5) is 4.52. The Labute approximate surface area is 150 Å². The van der Waals surface area contributed by atoms with Gasteiger partial charge in [0.1, 0.15) is 17.6 Å². The molecule has 4 rings (SSSR count). The third-order valence-electron chi connectivity index (χ3n) is 4.15. The lowest BCUT2D eigenvalue weighted by atomic mass is 10.0. The Morgan fingerprint density at radius 1 is 0.769 bits per heavy atom. The zero-order valence-corrected chi connectivity index (χ0v) is 13.8. The molecule has 0 radical (unpaired) electrons. The second kappa shape index (κ2) is 6.94. The number of halogens is 1. The van der Waals surface area contributed by atoms with E-state index in [2.05, 4.69) is 4.98 Å². The van der Waals surface area contributed by atoms with E-state index in [1.54, 1.807) is 12.1 Å². The molecule has 0 aliphatic heterocycles. The molecule has 4 heteroatoms. The number of aliphatic hydroxyl groups is 1. The van der Waals surface area contributed by atoms with Crippen LogP contribution < -0.4 is 0 Å². The van der Waals surface area contributed by atoms with Gasteiger partial charge >= 0.3 is 0 Å². The first-order chi connectivity index (χ1) is 12.7. The van der Waals surface area contributed by atoms with E-state index in [1.807, 2.05) is 60.7 Å². The van der Waals surface area contributed by atoms with Gasteiger partial charge in [-0.2, -0.15) is 0 Å². The predicted octanol–water partition coefficient (Wildman–Crippen LogP) is 5.23. The van der Waals surface area contributed by atoms with E-state index < -0.39 is 6.10 Å². The quantitative estimate of drug-likeness (QED) is 0.551. The fraction of sp³-hybridized carbons (Fsp3) is 0.0455. The molecule has 0 saturated heterocycles. The van der Waals surface area contributed by atoms with Crippen LogP contribution in [0.2, 0.25) is 0 Å². The Bertz CT molecular complexity index is 996. The average molecular weight is 345 g/mol. The van der Waals surface area contributed by atoms with Crippen LogP contribution in [0.3, 0.4) is 0 Å². The van der Waals surface area contributed by atoms with E-state index in [0.717, 1.165) is 11.1 Å². The number of aliphatic hydroxyl groups excluding tert-OH is 1. The molecule has 3 nitrogen and oxygen atoms in total. The van der Waals surface area contributed by atoms with E-state index in [-0.39, 0.29) is 5.82 Å². The van der Waals surface area contributed by atoms with Gasteiger partial charge in [-0.15, -0.1) is 0 Å². The Morgan fingerprint density at radius 2 is 1.38 bits per heavy atom. The smallest absolute Gasteiger partial charge is 0.227 e. The van der Waals surface area contributed by atoms with Crippen molar-refractivity contribution in [3.63, 3.8) is 0 Å². The second-order valence-corrected chi connectivity index (χ2v) is 5.92. The topological polar surface area (TPSA) is 46.3 Å². The molecule has 3 aromatic carbocycles. The lowest BCUT2D eigenvalue weighted by Gasteiger charge is -2.09. The molecule has 0 bridgehead atoms. The van der Waals surface area contributed by atoms with Gasteiger partial charge in [0, 0.05) is 11.1 Å². The zero-order valence-electron chi connectivity index (χ0n) is 13.8. The van der Waals surface area contributed by atoms with Crippen LogP contribution in [0.5, 0.6) is 0 Å². The van der Waals surface area contributed by atoms with E-state index in [9.17, 15) is 9.50 Å². The molecule has 0 fully saturated rings. The highest BCUT2D eigenvalue weighted by Crippen LogP contribution is 2.35. The van der Waals surface area contributed by atoms with Gasteiger partial charge in [-0.3, -0.25) is 0 Å². The summed E-state index contributed by atoms with van der Waals surface area (Å²) < 4.78 is 19.2. The number of hydrogen-bond acceptors (Lipinski definition) is 3. The van der Waals surface area contributed by atoms with Gasteiger partial charge in [0.15, 0.2) is 5.76 Å². The van der Waals surface area contributed by atoms with Crippen molar-refractivity contribution in [3.05, 3.63) is 102 Å². The fourth-order valence-corrected chi connectivity index (χ4v) is 2.82. The number of rotatable bonds is 4. The van der Waals surface area contributed by atoms with Gasteiger partial charge in [-0.25, -0.2) is 9.37 Å². The molecular formula is C22H16FNO2. The molecular weight excluding hydrogens is 329 g/mol. The Morgan fingerprint density at radius 3 is 2.04 bits per heavy atom. The molecule has 0 aliphatic carbocycles. The van der Waals surface area contributed by atoms with Crippen molar-refractivity contribution in [1.29, 1.82) is 0 Å². The third-order valence-corrected chi connectivity index (χ3v) is 4.15. The minimum atomic E-state index is -0.927. The average Bonchev–Trinajstić information content (AvgIpc) is 3.15. The zero-order chi connectivity index (χ0) is 17.9. The number of hydrogen-bond donors (Lipinski definition) is 1. The lowest BCUT2D eigenvalue weighted by molar-refractivity contribution is 0.216. The van der Waals surface area contributed by atoms with Crippen LogP contribution in [0.1, 0.15) is 17.4 Å². The molecule has 1 N–H and O–H groups in total. The van der Waals surface area contributed by atoms with Crippen LogP contribution in [0.4, 0.5) is 4.39 Å². The van der Waals surface area contributed by atoms with Crippen LogP contribution in [0, 0.1) is 5.82 Å². The summed E-state index contributed by atoms with van der Waals surface area (Å²) in [5, 5.41) is 10.9. The third kappa shape index (κ3) is 3.15. The molecule has 1 heterocycles. The highest BCUT2D eigenvalue weighted by Gasteiger charge is 2.23. The molecule has 26 heavy (non-hydrogen) atoms. The highest BCUT2D eigenvalue weighted by molar-refractivity contribution is 5.65. The van der Waals surface area contributed by atoms with Crippen molar-refractivity contribution in [2.24, 2.45) is 0 Å². The van der Waals surface area contributed by atoms with Crippen molar-refractivity contribution < 1.29 is 13.9 Å². The van der Waals surface area contributed by atoms with E-state index in [1.165, 1.54) is 12.1 Å².